The SMILES string of the molecule is CC(C)CC(=O)N1CCc2ccc(OCc3nc(C(=O)NCC4CCCO4)cs3)cc2C1c1cccc(F)c1. The number of benzene rings is 2. The molecule has 2 aromatic carbocycles. The molecule has 2 atom stereocenters. The molecule has 3 aromatic rings. The fourth-order valence-electron chi connectivity index (χ4n) is 5.18. The Labute approximate surface area is 232 Å². The van der Waals surface area contributed by atoms with Crippen LogP contribution in [0.15, 0.2) is 47.8 Å². The number of nitrogens with one attached hydrogen (secondary N) is 1. The number of halogens is 1. The summed E-state index contributed by atoms with van der Waals surface area (Å²) in [5, 5.41) is 5.31. The average Bonchev–Trinajstić information content (AvgIpc) is 3.62. The van der Waals surface area contributed by atoms with Gasteiger partial charge in [-0.15, -0.1) is 11.3 Å². The number of carbonyl (C=O) groups is 2. The summed E-state index contributed by atoms with van der Waals surface area (Å²) >= 11 is 1.37. The maximum absolute atomic E-state index is 14.2. The van der Waals surface area contributed by atoms with Gasteiger partial charge in [0.1, 0.15) is 28.9 Å². The van der Waals surface area contributed by atoms with E-state index < -0.39 is 6.04 Å². The van der Waals surface area contributed by atoms with E-state index in [1.54, 1.807) is 11.4 Å². The normalized spacial score (nSPS) is 18.7. The molecule has 0 spiro atoms. The molecule has 5 rings (SSSR count). The van der Waals surface area contributed by atoms with Crippen molar-refractivity contribution in [2.75, 3.05) is 19.7 Å². The summed E-state index contributed by atoms with van der Waals surface area (Å²) in [4.78, 5) is 32.0. The van der Waals surface area contributed by atoms with Gasteiger partial charge in [-0.1, -0.05) is 32.0 Å². The van der Waals surface area contributed by atoms with Gasteiger partial charge >= 0.3 is 0 Å². The minimum absolute atomic E-state index is 0.0596. The third-order valence-electron chi connectivity index (χ3n) is 7.07. The highest BCUT2D eigenvalue weighted by atomic mass is 32.1. The Hall–Kier alpha value is -3.30. The third kappa shape index (κ3) is 6.65. The van der Waals surface area contributed by atoms with Gasteiger partial charge in [-0.3, -0.25) is 9.59 Å². The number of amides is 2. The molecule has 0 saturated carbocycles. The average molecular weight is 552 g/mol. The maximum Gasteiger partial charge on any atom is 0.270 e. The molecule has 2 aliphatic rings. The molecular weight excluding hydrogens is 517 g/mol. The van der Waals surface area contributed by atoms with E-state index in [0.29, 0.717) is 36.0 Å². The van der Waals surface area contributed by atoms with Crippen molar-refractivity contribution in [1.82, 2.24) is 15.2 Å². The highest BCUT2D eigenvalue weighted by Crippen LogP contribution is 2.38. The minimum Gasteiger partial charge on any atom is -0.486 e. The van der Waals surface area contributed by atoms with Crippen LogP contribution in [-0.2, 0) is 22.6 Å². The van der Waals surface area contributed by atoms with E-state index in [1.165, 1.54) is 23.5 Å². The lowest BCUT2D eigenvalue weighted by Crippen LogP contribution is -2.41. The van der Waals surface area contributed by atoms with Crippen molar-refractivity contribution in [3.05, 3.63) is 81.1 Å². The van der Waals surface area contributed by atoms with Crippen LogP contribution in [0.25, 0.3) is 0 Å². The standard InChI is InChI=1S/C30H34FN3O4S/c1-19(2)13-28(35)34-11-10-20-8-9-23(15-25(20)29(34)21-5-3-6-22(31)14-21)38-17-27-33-26(18-39-27)30(36)32-16-24-7-4-12-37-24/h3,5-6,8-9,14-15,18-19,24,29H,4,7,10-13,16-17H2,1-2H3,(H,32,36). The first-order chi connectivity index (χ1) is 18.9. The quantitative estimate of drug-likeness (QED) is 0.391. The summed E-state index contributed by atoms with van der Waals surface area (Å²) in [7, 11) is 0. The summed E-state index contributed by atoms with van der Waals surface area (Å²) < 4.78 is 25.9. The molecule has 206 valence electrons. The Morgan fingerprint density at radius 3 is 2.90 bits per heavy atom. The van der Waals surface area contributed by atoms with Gasteiger partial charge in [0.25, 0.3) is 5.91 Å². The van der Waals surface area contributed by atoms with Gasteiger partial charge in [0.2, 0.25) is 5.91 Å². The molecule has 1 fully saturated rings. The highest BCUT2D eigenvalue weighted by Gasteiger charge is 2.32. The first kappa shape index (κ1) is 27.3. The van der Waals surface area contributed by atoms with Gasteiger partial charge in [0.05, 0.1) is 12.1 Å². The molecule has 2 aliphatic heterocycles. The summed E-state index contributed by atoms with van der Waals surface area (Å²) in [6.07, 6.45) is 3.22. The zero-order chi connectivity index (χ0) is 27.4. The Kier molecular flexibility index (Phi) is 8.57. The molecule has 0 bridgehead atoms. The van der Waals surface area contributed by atoms with Gasteiger partial charge in [0, 0.05) is 31.5 Å². The largest absolute Gasteiger partial charge is 0.486 e. The number of hydrogen-bond donors (Lipinski definition) is 1. The van der Waals surface area contributed by atoms with Crippen LogP contribution < -0.4 is 10.1 Å². The monoisotopic (exact) mass is 551 g/mol. The molecular formula is C30H34FN3O4S. The number of carbonyl (C=O) groups excluding carboxylic acids is 2. The Bertz CT molecular complexity index is 1320. The van der Waals surface area contributed by atoms with Crippen LogP contribution in [0.1, 0.15) is 71.3 Å². The molecule has 39 heavy (non-hydrogen) atoms. The minimum atomic E-state index is -0.391. The summed E-state index contributed by atoms with van der Waals surface area (Å²) in [6.45, 7) is 6.07. The molecule has 3 heterocycles. The van der Waals surface area contributed by atoms with Crippen molar-refractivity contribution in [2.24, 2.45) is 5.92 Å². The fourth-order valence-corrected chi connectivity index (χ4v) is 5.87. The smallest absolute Gasteiger partial charge is 0.270 e. The van der Waals surface area contributed by atoms with Crippen molar-refractivity contribution < 1.29 is 23.5 Å². The number of thiazole rings is 1. The van der Waals surface area contributed by atoms with Crippen molar-refractivity contribution in [3.63, 3.8) is 0 Å². The summed E-state index contributed by atoms with van der Waals surface area (Å²) in [5.41, 5.74) is 3.16. The van der Waals surface area contributed by atoms with Crippen molar-refractivity contribution in [1.29, 1.82) is 0 Å². The van der Waals surface area contributed by atoms with Gasteiger partial charge in [0.15, 0.2) is 0 Å². The van der Waals surface area contributed by atoms with Crippen LogP contribution in [0.2, 0.25) is 0 Å². The Balaban J connectivity index is 1.31. The van der Waals surface area contributed by atoms with Gasteiger partial charge in [-0.2, -0.15) is 0 Å². The molecule has 2 unspecified atom stereocenters. The van der Waals surface area contributed by atoms with Crippen molar-refractivity contribution >= 4 is 23.2 Å². The molecule has 0 aliphatic carbocycles. The zero-order valence-electron chi connectivity index (χ0n) is 22.3. The number of ether oxygens (including phenoxy) is 2. The van der Waals surface area contributed by atoms with Gasteiger partial charge in [-0.25, -0.2) is 9.37 Å². The lowest BCUT2D eigenvalue weighted by Gasteiger charge is -2.38. The number of hydrogen-bond acceptors (Lipinski definition) is 6. The van der Waals surface area contributed by atoms with Crippen LogP contribution in [0.3, 0.4) is 0 Å². The molecule has 1 saturated heterocycles. The maximum atomic E-state index is 14.2. The second-order valence-corrected chi connectivity index (χ2v) is 11.5. The van der Waals surface area contributed by atoms with Gasteiger partial charge < -0.3 is 19.7 Å². The van der Waals surface area contributed by atoms with E-state index in [4.69, 9.17) is 9.47 Å². The number of nitrogens with zero attached hydrogens (tertiary/aromatic N) is 2. The molecule has 1 N–H and O–H groups in total. The second-order valence-electron chi connectivity index (χ2n) is 10.5. The Morgan fingerprint density at radius 2 is 2.13 bits per heavy atom. The molecule has 0 radical (unpaired) electrons. The predicted molar refractivity (Wildman–Crippen MR) is 147 cm³/mol. The van der Waals surface area contributed by atoms with E-state index >= 15 is 0 Å². The van der Waals surface area contributed by atoms with E-state index in [1.807, 2.05) is 43.0 Å². The van der Waals surface area contributed by atoms with Crippen molar-refractivity contribution in [2.45, 2.75) is 58.3 Å². The first-order valence-electron chi connectivity index (χ1n) is 13.5. The predicted octanol–water partition coefficient (Wildman–Crippen LogP) is 5.29. The van der Waals surface area contributed by atoms with E-state index in [-0.39, 0.29) is 36.3 Å². The highest BCUT2D eigenvalue weighted by molar-refractivity contribution is 7.09. The lowest BCUT2D eigenvalue weighted by atomic mass is 9.87. The summed E-state index contributed by atoms with van der Waals surface area (Å²) in [6, 6.07) is 12.0. The van der Waals surface area contributed by atoms with Crippen LogP contribution in [0.5, 0.6) is 5.75 Å². The van der Waals surface area contributed by atoms with E-state index in [9.17, 15) is 14.0 Å². The van der Waals surface area contributed by atoms with Crippen LogP contribution in [0, 0.1) is 11.7 Å². The number of fused-ring (bicyclic) bond motifs is 1. The summed E-state index contributed by atoms with van der Waals surface area (Å²) in [5.74, 6) is 0.369. The fraction of sp³-hybridized carbons (Fsp3) is 0.433. The lowest BCUT2D eigenvalue weighted by molar-refractivity contribution is -0.134. The van der Waals surface area contributed by atoms with E-state index in [2.05, 4.69) is 10.3 Å². The zero-order valence-corrected chi connectivity index (χ0v) is 23.1. The van der Waals surface area contributed by atoms with Crippen LogP contribution in [-0.4, -0.2) is 47.5 Å². The number of rotatable bonds is 9. The third-order valence-corrected chi connectivity index (χ3v) is 7.90. The molecule has 9 heteroatoms. The molecule has 1 aromatic heterocycles. The Morgan fingerprint density at radius 1 is 1.26 bits per heavy atom. The first-order valence-corrected chi connectivity index (χ1v) is 14.4. The van der Waals surface area contributed by atoms with E-state index in [0.717, 1.165) is 42.6 Å². The number of aromatic nitrogens is 1. The topological polar surface area (TPSA) is 80.8 Å². The van der Waals surface area contributed by atoms with Crippen LogP contribution in [0.4, 0.5) is 4.39 Å². The van der Waals surface area contributed by atoms with Gasteiger partial charge in [-0.05, 0) is 66.1 Å². The molecule has 2 amide bonds. The van der Waals surface area contributed by atoms with Crippen molar-refractivity contribution in [3.8, 4) is 5.75 Å². The second kappa shape index (κ2) is 12.3. The van der Waals surface area contributed by atoms with Crippen LogP contribution >= 0.6 is 11.3 Å². The molecule has 7 nitrogen and oxygen atoms in total.